The van der Waals surface area contributed by atoms with Crippen LogP contribution in [0.25, 0.3) is 22.3 Å². The van der Waals surface area contributed by atoms with Gasteiger partial charge in [-0.15, -0.1) is 0 Å². The van der Waals surface area contributed by atoms with E-state index < -0.39 is 0 Å². The van der Waals surface area contributed by atoms with Crippen molar-refractivity contribution in [1.82, 2.24) is 19.9 Å². The molecule has 0 bridgehead atoms. The van der Waals surface area contributed by atoms with E-state index in [4.69, 9.17) is 4.74 Å². The van der Waals surface area contributed by atoms with Crippen LogP contribution in [0.1, 0.15) is 12.5 Å². The Labute approximate surface area is 135 Å². The number of aromatic nitrogens is 3. The molecule has 0 unspecified atom stereocenters. The third-order valence-corrected chi connectivity index (χ3v) is 4.58. The lowest BCUT2D eigenvalue weighted by Crippen LogP contribution is -2.42. The summed E-state index contributed by atoms with van der Waals surface area (Å²) in [5, 5.41) is 4.59. The van der Waals surface area contributed by atoms with Crippen molar-refractivity contribution < 1.29 is 4.74 Å². The molecule has 0 amide bonds. The number of benzene rings is 1. The maximum absolute atomic E-state index is 5.69. The summed E-state index contributed by atoms with van der Waals surface area (Å²) in [7, 11) is 1.79. The van der Waals surface area contributed by atoms with Crippen molar-refractivity contribution >= 4 is 10.9 Å². The number of fused-ring (bicyclic) bond motifs is 1. The van der Waals surface area contributed by atoms with Gasteiger partial charge in [-0.1, -0.05) is 6.07 Å². The lowest BCUT2D eigenvalue weighted by atomic mass is 10.0. The molecule has 2 atom stereocenters. The molecular formula is C18H20N4O. The summed E-state index contributed by atoms with van der Waals surface area (Å²) in [6, 6.07) is 10.6. The van der Waals surface area contributed by atoms with E-state index in [1.807, 2.05) is 24.7 Å². The molecule has 118 valence electrons. The fourth-order valence-electron chi connectivity index (χ4n) is 3.39. The molecule has 1 aliphatic rings. The molecule has 0 spiro atoms. The van der Waals surface area contributed by atoms with Crippen molar-refractivity contribution in [3.63, 3.8) is 0 Å². The fraction of sp³-hybridized carbons (Fsp3) is 0.333. The molecule has 23 heavy (non-hydrogen) atoms. The van der Waals surface area contributed by atoms with Gasteiger partial charge < -0.3 is 14.6 Å². The van der Waals surface area contributed by atoms with Gasteiger partial charge in [0.05, 0.1) is 17.7 Å². The molecule has 4 rings (SSSR count). The Kier molecular flexibility index (Phi) is 3.81. The van der Waals surface area contributed by atoms with Crippen LogP contribution in [-0.2, 0) is 4.74 Å². The molecule has 0 aliphatic carbocycles. The zero-order valence-electron chi connectivity index (χ0n) is 13.1. The van der Waals surface area contributed by atoms with Gasteiger partial charge in [-0.2, -0.15) is 0 Å². The van der Waals surface area contributed by atoms with Gasteiger partial charge in [0.2, 0.25) is 0 Å². The van der Waals surface area contributed by atoms with E-state index in [9.17, 15) is 0 Å². The zero-order chi connectivity index (χ0) is 15.6. The highest BCUT2D eigenvalue weighted by molar-refractivity contribution is 5.83. The molecule has 1 saturated heterocycles. The summed E-state index contributed by atoms with van der Waals surface area (Å²) in [5.74, 6) is 0.978. The van der Waals surface area contributed by atoms with E-state index in [0.29, 0.717) is 0 Å². The second-order valence-corrected chi connectivity index (χ2v) is 5.90. The van der Waals surface area contributed by atoms with Gasteiger partial charge in [-0.05, 0) is 37.2 Å². The SMILES string of the molecule is CO[C@@H]1CCNC[C@@H]1n1ccnc1-c1ccc2ncccc2c1. The van der Waals surface area contributed by atoms with Crippen molar-refractivity contribution in [1.29, 1.82) is 0 Å². The van der Waals surface area contributed by atoms with Gasteiger partial charge in [-0.25, -0.2) is 4.98 Å². The van der Waals surface area contributed by atoms with Crippen molar-refractivity contribution in [3.8, 4) is 11.4 Å². The Morgan fingerprint density at radius 3 is 3.09 bits per heavy atom. The standard InChI is InChI=1S/C18H20N4O/c1-23-17-6-8-19-12-16(17)22-10-9-21-18(22)14-4-5-15-13(11-14)3-2-7-20-15/h2-5,7,9-11,16-17,19H,6,8,12H2,1H3/t16-,17+/m0/s1. The number of pyridine rings is 1. The number of methoxy groups -OCH3 is 1. The van der Waals surface area contributed by atoms with Gasteiger partial charge in [0.25, 0.3) is 0 Å². The summed E-state index contributed by atoms with van der Waals surface area (Å²) in [5.41, 5.74) is 2.11. The molecule has 1 aromatic carbocycles. The molecule has 5 nitrogen and oxygen atoms in total. The van der Waals surface area contributed by atoms with E-state index in [2.05, 4.69) is 44.1 Å². The second-order valence-electron chi connectivity index (χ2n) is 5.90. The minimum Gasteiger partial charge on any atom is -0.379 e. The molecule has 1 aliphatic heterocycles. The molecule has 5 heteroatoms. The van der Waals surface area contributed by atoms with Gasteiger partial charge >= 0.3 is 0 Å². The Morgan fingerprint density at radius 2 is 2.17 bits per heavy atom. The molecule has 3 aromatic rings. The van der Waals surface area contributed by atoms with Gasteiger partial charge in [0.1, 0.15) is 5.82 Å². The largest absolute Gasteiger partial charge is 0.379 e. The van der Waals surface area contributed by atoms with Gasteiger partial charge in [0.15, 0.2) is 0 Å². The van der Waals surface area contributed by atoms with Crippen LogP contribution in [0.2, 0.25) is 0 Å². The summed E-state index contributed by atoms with van der Waals surface area (Å²) in [6.45, 7) is 1.90. The molecule has 2 aromatic heterocycles. The number of imidazole rings is 1. The minimum atomic E-state index is 0.214. The number of ether oxygens (including phenoxy) is 1. The maximum Gasteiger partial charge on any atom is 0.140 e. The number of piperidine rings is 1. The first-order valence-electron chi connectivity index (χ1n) is 7.98. The van der Waals surface area contributed by atoms with Crippen LogP contribution in [0.15, 0.2) is 48.9 Å². The van der Waals surface area contributed by atoms with Crippen molar-refractivity contribution in [2.24, 2.45) is 0 Å². The van der Waals surface area contributed by atoms with Crippen LogP contribution >= 0.6 is 0 Å². The highest BCUT2D eigenvalue weighted by atomic mass is 16.5. The Morgan fingerprint density at radius 1 is 1.22 bits per heavy atom. The smallest absolute Gasteiger partial charge is 0.140 e. The number of hydrogen-bond acceptors (Lipinski definition) is 4. The van der Waals surface area contributed by atoms with E-state index >= 15 is 0 Å². The van der Waals surface area contributed by atoms with E-state index in [1.165, 1.54) is 0 Å². The summed E-state index contributed by atoms with van der Waals surface area (Å²) in [6.07, 6.45) is 6.96. The third kappa shape index (κ3) is 2.62. The van der Waals surface area contributed by atoms with Gasteiger partial charge in [-0.3, -0.25) is 4.98 Å². The summed E-state index contributed by atoms with van der Waals surface area (Å²) >= 11 is 0. The summed E-state index contributed by atoms with van der Waals surface area (Å²) in [4.78, 5) is 8.98. The first-order valence-corrected chi connectivity index (χ1v) is 7.98. The normalized spacial score (nSPS) is 21.6. The van der Waals surface area contributed by atoms with E-state index in [-0.39, 0.29) is 12.1 Å². The fourth-order valence-corrected chi connectivity index (χ4v) is 3.39. The predicted molar refractivity (Wildman–Crippen MR) is 90.3 cm³/mol. The van der Waals surface area contributed by atoms with Crippen LogP contribution in [0.3, 0.4) is 0 Å². The second kappa shape index (κ2) is 6.10. The van der Waals surface area contributed by atoms with Crippen molar-refractivity contribution in [2.45, 2.75) is 18.6 Å². The van der Waals surface area contributed by atoms with Crippen LogP contribution in [-0.4, -0.2) is 40.8 Å². The summed E-state index contributed by atoms with van der Waals surface area (Å²) < 4.78 is 7.92. The first kappa shape index (κ1) is 14.4. The molecule has 1 fully saturated rings. The van der Waals surface area contributed by atoms with Crippen LogP contribution < -0.4 is 5.32 Å². The molecule has 1 N–H and O–H groups in total. The number of nitrogens with one attached hydrogen (secondary N) is 1. The minimum absolute atomic E-state index is 0.214. The van der Waals surface area contributed by atoms with E-state index in [0.717, 1.165) is 41.8 Å². The Bertz CT molecular complexity index is 813. The number of nitrogens with zero attached hydrogens (tertiary/aromatic N) is 3. The lowest BCUT2D eigenvalue weighted by molar-refractivity contribution is 0.0365. The Hall–Kier alpha value is -2.24. The average molecular weight is 308 g/mol. The Balaban J connectivity index is 1.75. The third-order valence-electron chi connectivity index (χ3n) is 4.58. The monoisotopic (exact) mass is 308 g/mol. The molecular weight excluding hydrogens is 288 g/mol. The number of rotatable bonds is 3. The highest BCUT2D eigenvalue weighted by Gasteiger charge is 2.27. The average Bonchev–Trinajstić information content (AvgIpc) is 3.10. The van der Waals surface area contributed by atoms with Gasteiger partial charge in [0, 0.05) is 43.2 Å². The highest BCUT2D eigenvalue weighted by Crippen LogP contribution is 2.28. The molecule has 0 saturated carbocycles. The maximum atomic E-state index is 5.69. The lowest BCUT2D eigenvalue weighted by Gasteiger charge is -2.33. The zero-order valence-corrected chi connectivity index (χ0v) is 13.1. The molecule has 0 radical (unpaired) electrons. The quantitative estimate of drug-likeness (QED) is 0.808. The first-order chi connectivity index (χ1) is 11.4. The van der Waals surface area contributed by atoms with Crippen molar-refractivity contribution in [2.75, 3.05) is 20.2 Å². The predicted octanol–water partition coefficient (Wildman–Crippen LogP) is 2.65. The van der Waals surface area contributed by atoms with Crippen LogP contribution in [0.5, 0.6) is 0 Å². The van der Waals surface area contributed by atoms with Crippen LogP contribution in [0, 0.1) is 0 Å². The van der Waals surface area contributed by atoms with Crippen LogP contribution in [0.4, 0.5) is 0 Å². The molecule has 3 heterocycles. The number of hydrogen-bond donors (Lipinski definition) is 1. The van der Waals surface area contributed by atoms with E-state index in [1.54, 1.807) is 7.11 Å². The topological polar surface area (TPSA) is 52.0 Å². The van der Waals surface area contributed by atoms with Crippen molar-refractivity contribution in [3.05, 3.63) is 48.9 Å².